The molecule has 4 aliphatic carbocycles. The first-order chi connectivity index (χ1) is 16.4. The van der Waals surface area contributed by atoms with E-state index in [1.54, 1.807) is 5.57 Å². The Bertz CT molecular complexity index is 727. The molecule has 0 radical (unpaired) electrons. The highest BCUT2D eigenvalue weighted by atomic mass is 16.5. The van der Waals surface area contributed by atoms with Crippen molar-refractivity contribution in [1.82, 2.24) is 0 Å². The summed E-state index contributed by atoms with van der Waals surface area (Å²) in [5, 5.41) is 0. The maximum absolute atomic E-state index is 11.6. The molecule has 0 N–H and O–H groups in total. The SMILES string of the molecule is CC.COC(=O)CCCC1CCC2C3CC=C4CC(OCC5COC5)CCC4(C)C3CCC12C. The molecule has 4 nitrogen and oxygen atoms in total. The topological polar surface area (TPSA) is 44.8 Å². The molecule has 7 atom stereocenters. The molecule has 5 rings (SSSR count). The van der Waals surface area contributed by atoms with Gasteiger partial charge in [-0.05, 0) is 98.7 Å². The number of carbonyl (C=O) groups is 1. The second kappa shape index (κ2) is 11.0. The van der Waals surface area contributed by atoms with Crippen molar-refractivity contribution in [1.29, 1.82) is 0 Å². The molecule has 4 fully saturated rings. The maximum atomic E-state index is 11.6. The zero-order chi connectivity index (χ0) is 24.3. The third kappa shape index (κ3) is 4.88. The second-order valence-electron chi connectivity index (χ2n) is 12.1. The summed E-state index contributed by atoms with van der Waals surface area (Å²) in [6, 6.07) is 0. The molecule has 0 aromatic rings. The Kier molecular flexibility index (Phi) is 8.50. The highest BCUT2D eigenvalue weighted by Crippen LogP contribution is 2.66. The van der Waals surface area contributed by atoms with E-state index >= 15 is 0 Å². The van der Waals surface area contributed by atoms with Gasteiger partial charge in [0.05, 0.1) is 33.0 Å². The average molecular weight is 475 g/mol. The molecule has 0 aromatic carbocycles. The number of hydrogen-bond donors (Lipinski definition) is 0. The Balaban J connectivity index is 0.00000133. The number of esters is 1. The van der Waals surface area contributed by atoms with Crippen molar-refractivity contribution in [2.75, 3.05) is 26.9 Å². The van der Waals surface area contributed by atoms with Gasteiger partial charge < -0.3 is 14.2 Å². The van der Waals surface area contributed by atoms with Gasteiger partial charge in [0, 0.05) is 12.3 Å². The van der Waals surface area contributed by atoms with Crippen LogP contribution in [0.15, 0.2) is 11.6 Å². The largest absolute Gasteiger partial charge is 0.469 e. The second-order valence-corrected chi connectivity index (χ2v) is 12.1. The van der Waals surface area contributed by atoms with Crippen molar-refractivity contribution in [3.8, 4) is 0 Å². The fourth-order valence-corrected chi connectivity index (χ4v) is 8.60. The number of allylic oxidation sites excluding steroid dienone is 1. The molecule has 1 aliphatic heterocycles. The van der Waals surface area contributed by atoms with Crippen LogP contribution in [0.5, 0.6) is 0 Å². The third-order valence-electron chi connectivity index (χ3n) is 10.7. The van der Waals surface area contributed by atoms with Crippen LogP contribution in [-0.2, 0) is 19.0 Å². The van der Waals surface area contributed by atoms with E-state index < -0.39 is 0 Å². The first-order valence-electron chi connectivity index (χ1n) is 14.4. The minimum absolute atomic E-state index is 0.0492. The lowest BCUT2D eigenvalue weighted by atomic mass is 9.47. The van der Waals surface area contributed by atoms with Crippen molar-refractivity contribution >= 4 is 5.97 Å². The molecule has 0 spiro atoms. The smallest absolute Gasteiger partial charge is 0.305 e. The number of hydrogen-bond acceptors (Lipinski definition) is 4. The van der Waals surface area contributed by atoms with E-state index in [9.17, 15) is 4.79 Å². The maximum Gasteiger partial charge on any atom is 0.305 e. The Morgan fingerprint density at radius 1 is 1.09 bits per heavy atom. The van der Waals surface area contributed by atoms with Crippen LogP contribution < -0.4 is 0 Å². The normalized spacial score (nSPS) is 41.1. The number of carbonyl (C=O) groups excluding carboxylic acids is 1. The quantitative estimate of drug-likeness (QED) is 0.295. The van der Waals surface area contributed by atoms with Gasteiger partial charge in [-0.1, -0.05) is 39.3 Å². The van der Waals surface area contributed by atoms with Gasteiger partial charge in [-0.3, -0.25) is 4.79 Å². The number of rotatable bonds is 7. The zero-order valence-electron chi connectivity index (χ0n) is 22.6. The van der Waals surface area contributed by atoms with Gasteiger partial charge in [0.1, 0.15) is 0 Å². The van der Waals surface area contributed by atoms with Gasteiger partial charge in [-0.25, -0.2) is 0 Å². The summed E-state index contributed by atoms with van der Waals surface area (Å²) in [6.45, 7) is 11.9. The number of fused-ring (bicyclic) bond motifs is 5. The van der Waals surface area contributed by atoms with E-state index in [2.05, 4.69) is 19.9 Å². The molecule has 34 heavy (non-hydrogen) atoms. The lowest BCUT2D eigenvalue weighted by Gasteiger charge is -2.58. The molecular weight excluding hydrogens is 424 g/mol. The first-order valence-corrected chi connectivity index (χ1v) is 14.4. The lowest BCUT2D eigenvalue weighted by Crippen LogP contribution is -2.50. The molecule has 194 valence electrons. The van der Waals surface area contributed by atoms with Crippen molar-refractivity contribution in [3.63, 3.8) is 0 Å². The average Bonchev–Trinajstić information content (AvgIpc) is 3.15. The third-order valence-corrected chi connectivity index (χ3v) is 10.7. The summed E-state index contributed by atoms with van der Waals surface area (Å²) in [6.07, 6.45) is 16.4. The lowest BCUT2D eigenvalue weighted by molar-refractivity contribution is -0.140. The van der Waals surface area contributed by atoms with Crippen molar-refractivity contribution in [2.45, 2.75) is 104 Å². The highest BCUT2D eigenvalue weighted by Gasteiger charge is 2.58. The Labute approximate surface area is 208 Å². The molecule has 4 heteroatoms. The highest BCUT2D eigenvalue weighted by molar-refractivity contribution is 5.68. The van der Waals surface area contributed by atoms with E-state index in [-0.39, 0.29) is 5.97 Å². The predicted molar refractivity (Wildman–Crippen MR) is 136 cm³/mol. The van der Waals surface area contributed by atoms with Gasteiger partial charge >= 0.3 is 5.97 Å². The molecular formula is C30H50O4. The summed E-state index contributed by atoms with van der Waals surface area (Å²) in [7, 11) is 1.50. The summed E-state index contributed by atoms with van der Waals surface area (Å²) >= 11 is 0. The van der Waals surface area contributed by atoms with Crippen molar-refractivity contribution in [3.05, 3.63) is 11.6 Å². The van der Waals surface area contributed by atoms with Crippen molar-refractivity contribution < 1.29 is 19.0 Å². The molecule has 1 heterocycles. The van der Waals surface area contributed by atoms with E-state index in [0.717, 1.165) is 56.3 Å². The van der Waals surface area contributed by atoms with E-state index in [0.29, 0.717) is 29.3 Å². The Morgan fingerprint density at radius 2 is 1.88 bits per heavy atom. The Hall–Kier alpha value is -0.870. The van der Waals surface area contributed by atoms with Gasteiger partial charge in [-0.2, -0.15) is 0 Å². The summed E-state index contributed by atoms with van der Waals surface area (Å²) in [4.78, 5) is 11.6. The standard InChI is InChI=1S/C28H44O4.C2H6/c1-27-14-12-25-23(24(27)10-8-20(27)5-4-6-26(29)30-3)9-7-21-15-22(11-13-28(21,25)2)32-18-19-16-31-17-19;1-2/h7,19-20,22-25H,4-6,8-18H2,1-3H3;1-2H3. The van der Waals surface area contributed by atoms with E-state index in [4.69, 9.17) is 14.2 Å². The van der Waals surface area contributed by atoms with Gasteiger partial charge in [0.2, 0.25) is 0 Å². The fourth-order valence-electron chi connectivity index (χ4n) is 8.60. The summed E-state index contributed by atoms with van der Waals surface area (Å²) in [5.41, 5.74) is 2.59. The summed E-state index contributed by atoms with van der Waals surface area (Å²) in [5.74, 6) is 3.95. The molecule has 3 saturated carbocycles. The van der Waals surface area contributed by atoms with Crippen molar-refractivity contribution in [2.24, 2.45) is 40.4 Å². The van der Waals surface area contributed by atoms with Crippen LogP contribution in [0.25, 0.3) is 0 Å². The van der Waals surface area contributed by atoms with Crippen LogP contribution in [0.1, 0.15) is 98.3 Å². The molecule has 1 saturated heterocycles. The molecule has 7 unspecified atom stereocenters. The van der Waals surface area contributed by atoms with Crippen LogP contribution in [0.4, 0.5) is 0 Å². The van der Waals surface area contributed by atoms with Crippen LogP contribution >= 0.6 is 0 Å². The summed E-state index contributed by atoms with van der Waals surface area (Å²) < 4.78 is 16.5. The minimum Gasteiger partial charge on any atom is -0.469 e. The van der Waals surface area contributed by atoms with Gasteiger partial charge in [-0.15, -0.1) is 0 Å². The van der Waals surface area contributed by atoms with Crippen LogP contribution in [-0.4, -0.2) is 39.0 Å². The predicted octanol–water partition coefficient (Wildman–Crippen LogP) is 6.97. The molecule has 0 aromatic heterocycles. The monoisotopic (exact) mass is 474 g/mol. The minimum atomic E-state index is -0.0492. The van der Waals surface area contributed by atoms with Crippen LogP contribution in [0.3, 0.4) is 0 Å². The first kappa shape index (κ1) is 26.2. The zero-order valence-corrected chi connectivity index (χ0v) is 22.6. The molecule has 5 aliphatic rings. The van der Waals surface area contributed by atoms with E-state index in [1.807, 2.05) is 13.8 Å². The fraction of sp³-hybridized carbons (Fsp3) is 0.900. The van der Waals surface area contributed by atoms with Gasteiger partial charge in [0.15, 0.2) is 0 Å². The Morgan fingerprint density at radius 3 is 2.59 bits per heavy atom. The molecule has 0 amide bonds. The number of ether oxygens (including phenoxy) is 3. The number of methoxy groups -OCH3 is 1. The van der Waals surface area contributed by atoms with Crippen LogP contribution in [0.2, 0.25) is 0 Å². The van der Waals surface area contributed by atoms with Crippen LogP contribution in [0, 0.1) is 40.4 Å². The van der Waals surface area contributed by atoms with E-state index in [1.165, 1.54) is 58.5 Å². The van der Waals surface area contributed by atoms with Gasteiger partial charge in [0.25, 0.3) is 0 Å². The molecule has 0 bridgehead atoms.